The Morgan fingerprint density at radius 2 is 1.89 bits per heavy atom. The van der Waals surface area contributed by atoms with Gasteiger partial charge in [0.1, 0.15) is 23.6 Å². The highest BCUT2D eigenvalue weighted by Gasteiger charge is 2.32. The van der Waals surface area contributed by atoms with Gasteiger partial charge >= 0.3 is 0 Å². The van der Waals surface area contributed by atoms with Crippen LogP contribution in [0, 0.1) is 11.6 Å². The van der Waals surface area contributed by atoms with Crippen molar-refractivity contribution < 1.29 is 22.0 Å². The van der Waals surface area contributed by atoms with Gasteiger partial charge in [-0.15, -0.1) is 0 Å². The highest BCUT2D eigenvalue weighted by Crippen LogP contribution is 2.28. The van der Waals surface area contributed by atoms with Crippen LogP contribution in [0.3, 0.4) is 0 Å². The molecule has 7 heteroatoms. The molecule has 0 aliphatic carbocycles. The fourth-order valence-electron chi connectivity index (χ4n) is 2.25. The normalized spacial score (nSPS) is 21.3. The van der Waals surface area contributed by atoms with E-state index in [2.05, 4.69) is 0 Å². The number of rotatable bonds is 3. The van der Waals surface area contributed by atoms with Crippen molar-refractivity contribution >= 4 is 21.8 Å². The summed E-state index contributed by atoms with van der Waals surface area (Å²) in [6, 6.07) is 1.42. The van der Waals surface area contributed by atoms with Gasteiger partial charge < -0.3 is 4.90 Å². The molecule has 19 heavy (non-hydrogen) atoms. The SMILES string of the molecule is CN(c1c(F)cc(C=O)cc1F)C1CCS(=O)(=O)C1. The Labute approximate surface area is 109 Å². The van der Waals surface area contributed by atoms with Crippen molar-refractivity contribution in [2.75, 3.05) is 23.5 Å². The largest absolute Gasteiger partial charge is 0.366 e. The molecule has 2 rings (SSSR count). The minimum absolute atomic E-state index is 0.0255. The predicted molar refractivity (Wildman–Crippen MR) is 67.2 cm³/mol. The van der Waals surface area contributed by atoms with Crippen molar-refractivity contribution in [3.05, 3.63) is 29.3 Å². The zero-order chi connectivity index (χ0) is 14.2. The van der Waals surface area contributed by atoms with Gasteiger partial charge in [0.25, 0.3) is 0 Å². The third-order valence-electron chi connectivity index (χ3n) is 3.28. The third kappa shape index (κ3) is 2.75. The molecule has 0 aromatic heterocycles. The van der Waals surface area contributed by atoms with Crippen molar-refractivity contribution in [3.63, 3.8) is 0 Å². The van der Waals surface area contributed by atoms with Crippen LogP contribution in [-0.2, 0) is 9.84 Å². The van der Waals surface area contributed by atoms with E-state index in [1.807, 2.05) is 0 Å². The van der Waals surface area contributed by atoms with Crippen molar-refractivity contribution in [1.82, 2.24) is 0 Å². The summed E-state index contributed by atoms with van der Waals surface area (Å²) in [4.78, 5) is 11.8. The summed E-state index contributed by atoms with van der Waals surface area (Å²) in [5.74, 6) is -1.82. The lowest BCUT2D eigenvalue weighted by Crippen LogP contribution is -2.34. The molecule has 1 unspecified atom stereocenters. The maximum atomic E-state index is 13.8. The number of nitrogens with zero attached hydrogens (tertiary/aromatic N) is 1. The molecule has 0 radical (unpaired) electrons. The van der Waals surface area contributed by atoms with E-state index in [0.29, 0.717) is 12.7 Å². The lowest BCUT2D eigenvalue weighted by Gasteiger charge is -2.26. The maximum absolute atomic E-state index is 13.8. The van der Waals surface area contributed by atoms with Gasteiger partial charge in [0.2, 0.25) is 0 Å². The number of halogens is 2. The highest BCUT2D eigenvalue weighted by atomic mass is 32.2. The minimum atomic E-state index is -3.13. The molecule has 1 aliphatic rings. The Hall–Kier alpha value is -1.50. The van der Waals surface area contributed by atoms with Crippen LogP contribution < -0.4 is 4.90 Å². The van der Waals surface area contributed by atoms with Gasteiger partial charge in [-0.05, 0) is 18.6 Å². The quantitative estimate of drug-likeness (QED) is 0.789. The van der Waals surface area contributed by atoms with Crippen molar-refractivity contribution in [2.45, 2.75) is 12.5 Å². The molecule has 0 N–H and O–H groups in total. The standard InChI is InChI=1S/C12H13F2NO3S/c1-15(9-2-3-19(17,18)7-9)12-10(13)4-8(6-16)5-11(12)14/h4-6,9H,2-3,7H2,1H3. The molecule has 1 heterocycles. The Bertz CT molecular complexity index is 592. The molecule has 1 saturated heterocycles. The summed E-state index contributed by atoms with van der Waals surface area (Å²) in [5, 5.41) is 0. The van der Waals surface area contributed by atoms with Crippen LogP contribution >= 0.6 is 0 Å². The van der Waals surface area contributed by atoms with E-state index in [9.17, 15) is 22.0 Å². The van der Waals surface area contributed by atoms with Crippen LogP contribution in [-0.4, -0.2) is 39.3 Å². The summed E-state index contributed by atoms with van der Waals surface area (Å²) < 4.78 is 50.4. The van der Waals surface area contributed by atoms with E-state index in [4.69, 9.17) is 0 Å². The average molecular weight is 289 g/mol. The van der Waals surface area contributed by atoms with E-state index in [-0.39, 0.29) is 22.8 Å². The zero-order valence-corrected chi connectivity index (χ0v) is 11.1. The van der Waals surface area contributed by atoms with Crippen LogP contribution in [0.4, 0.5) is 14.5 Å². The monoisotopic (exact) mass is 289 g/mol. The Balaban J connectivity index is 2.34. The first-order valence-electron chi connectivity index (χ1n) is 5.71. The van der Waals surface area contributed by atoms with Gasteiger partial charge in [0.15, 0.2) is 9.84 Å². The number of carbonyl (C=O) groups excluding carboxylic acids is 1. The van der Waals surface area contributed by atoms with Crippen molar-refractivity contribution in [3.8, 4) is 0 Å². The van der Waals surface area contributed by atoms with Crippen molar-refractivity contribution in [1.29, 1.82) is 0 Å². The Kier molecular flexibility index (Phi) is 3.58. The fraction of sp³-hybridized carbons (Fsp3) is 0.417. The fourth-order valence-corrected chi connectivity index (χ4v) is 4.03. The van der Waals surface area contributed by atoms with Crippen LogP contribution in [0.2, 0.25) is 0 Å². The zero-order valence-electron chi connectivity index (χ0n) is 10.3. The molecule has 1 aliphatic heterocycles. The molecular formula is C12H13F2NO3S. The van der Waals surface area contributed by atoms with E-state index in [0.717, 1.165) is 12.1 Å². The number of hydrogen-bond acceptors (Lipinski definition) is 4. The average Bonchev–Trinajstić information content (AvgIpc) is 2.68. The Morgan fingerprint density at radius 3 is 2.32 bits per heavy atom. The number of sulfone groups is 1. The number of aldehydes is 1. The second-order valence-electron chi connectivity index (χ2n) is 4.62. The first kappa shape index (κ1) is 13.9. The van der Waals surface area contributed by atoms with Gasteiger partial charge in [0, 0.05) is 18.7 Å². The molecule has 0 amide bonds. The number of hydrogen-bond donors (Lipinski definition) is 0. The number of anilines is 1. The molecule has 104 valence electrons. The highest BCUT2D eigenvalue weighted by molar-refractivity contribution is 7.91. The van der Waals surface area contributed by atoms with E-state index >= 15 is 0 Å². The number of carbonyl (C=O) groups is 1. The summed E-state index contributed by atoms with van der Waals surface area (Å²) in [6.45, 7) is 0. The molecule has 0 bridgehead atoms. The van der Waals surface area contributed by atoms with Crippen molar-refractivity contribution in [2.24, 2.45) is 0 Å². The first-order valence-corrected chi connectivity index (χ1v) is 7.53. The lowest BCUT2D eigenvalue weighted by molar-refractivity contribution is 0.112. The van der Waals surface area contributed by atoms with E-state index in [1.54, 1.807) is 0 Å². The molecule has 4 nitrogen and oxygen atoms in total. The second kappa shape index (κ2) is 4.88. The summed E-state index contributed by atoms with van der Waals surface area (Å²) >= 11 is 0. The molecule has 0 spiro atoms. The van der Waals surface area contributed by atoms with Gasteiger partial charge in [0.05, 0.1) is 11.5 Å². The van der Waals surface area contributed by atoms with Crippen LogP contribution in [0.15, 0.2) is 12.1 Å². The predicted octanol–water partition coefficient (Wildman–Crippen LogP) is 1.40. The summed E-state index contributed by atoms with van der Waals surface area (Å²) in [5.41, 5.74) is -0.390. The second-order valence-corrected chi connectivity index (χ2v) is 6.85. The smallest absolute Gasteiger partial charge is 0.152 e. The van der Waals surface area contributed by atoms with Crippen LogP contribution in [0.25, 0.3) is 0 Å². The number of benzene rings is 1. The topological polar surface area (TPSA) is 54.5 Å². The molecule has 1 aromatic carbocycles. The lowest BCUT2D eigenvalue weighted by atomic mass is 10.1. The van der Waals surface area contributed by atoms with Gasteiger partial charge in [-0.1, -0.05) is 0 Å². The molecule has 1 aromatic rings. The molecule has 0 saturated carbocycles. The third-order valence-corrected chi connectivity index (χ3v) is 5.03. The van der Waals surface area contributed by atoms with Gasteiger partial charge in [-0.3, -0.25) is 4.79 Å². The van der Waals surface area contributed by atoms with Gasteiger partial charge in [-0.25, -0.2) is 17.2 Å². The maximum Gasteiger partial charge on any atom is 0.152 e. The summed E-state index contributed by atoms with van der Waals surface area (Å²) in [6.07, 6.45) is 0.698. The first-order chi connectivity index (χ1) is 8.84. The molecular weight excluding hydrogens is 276 g/mol. The molecule has 1 fully saturated rings. The van der Waals surface area contributed by atoms with Gasteiger partial charge in [-0.2, -0.15) is 0 Å². The summed E-state index contributed by atoms with van der Waals surface area (Å²) in [7, 11) is -1.68. The molecule has 1 atom stereocenters. The van der Waals surface area contributed by atoms with Crippen LogP contribution in [0.1, 0.15) is 16.8 Å². The Morgan fingerprint density at radius 1 is 1.32 bits per heavy atom. The van der Waals surface area contributed by atoms with Crippen LogP contribution in [0.5, 0.6) is 0 Å². The van der Waals surface area contributed by atoms with E-state index < -0.39 is 27.5 Å². The van der Waals surface area contributed by atoms with E-state index in [1.165, 1.54) is 11.9 Å². The minimum Gasteiger partial charge on any atom is -0.366 e.